The van der Waals surface area contributed by atoms with Crippen molar-refractivity contribution in [3.8, 4) is 5.75 Å². The Hall–Kier alpha value is -3.27. The largest absolute Gasteiger partial charge is 0.487 e. The highest BCUT2D eigenvalue weighted by atomic mass is 32.1. The fraction of sp³-hybridized carbons (Fsp3) is 0.552. The lowest BCUT2D eigenvalue weighted by Crippen LogP contribution is -2.52. The minimum Gasteiger partial charge on any atom is -0.487 e. The van der Waals surface area contributed by atoms with E-state index in [4.69, 9.17) is 9.47 Å². The molecule has 3 heterocycles. The van der Waals surface area contributed by atoms with Crippen molar-refractivity contribution in [2.45, 2.75) is 77.2 Å². The van der Waals surface area contributed by atoms with Gasteiger partial charge in [-0.05, 0) is 74.8 Å². The zero-order chi connectivity index (χ0) is 26.7. The molecule has 1 saturated heterocycles. The summed E-state index contributed by atoms with van der Waals surface area (Å²) in [7, 11) is 0. The first kappa shape index (κ1) is 24.7. The number of rotatable bonds is 7. The van der Waals surface area contributed by atoms with Gasteiger partial charge in [0.15, 0.2) is 0 Å². The number of benzene rings is 1. The molecular formula is C29H31N3O6S. The minimum absolute atomic E-state index is 0.0420. The van der Waals surface area contributed by atoms with Crippen molar-refractivity contribution in [1.29, 1.82) is 0 Å². The van der Waals surface area contributed by atoms with Gasteiger partial charge in [0, 0.05) is 22.9 Å². The van der Waals surface area contributed by atoms with Crippen molar-refractivity contribution in [1.82, 2.24) is 15.2 Å². The number of hydrogen-bond acceptors (Lipinski definition) is 8. The first-order chi connectivity index (χ1) is 18.9. The summed E-state index contributed by atoms with van der Waals surface area (Å²) in [6.45, 7) is 0.642. The van der Waals surface area contributed by atoms with Crippen molar-refractivity contribution in [3.05, 3.63) is 45.4 Å². The molecule has 1 aromatic heterocycles. The Balaban J connectivity index is 0.966. The van der Waals surface area contributed by atoms with Crippen LogP contribution in [-0.2, 0) is 38.9 Å². The van der Waals surface area contributed by atoms with Gasteiger partial charge in [0.2, 0.25) is 11.8 Å². The van der Waals surface area contributed by atoms with Crippen LogP contribution in [0.4, 0.5) is 0 Å². The SMILES string of the molecule is O=C1CCC(N2Cc3c(OCc4csc(COC(=O)C56CC7CC(CC(C7)C5)C6)n4)cccc3C2=O)C(=O)N1. The van der Waals surface area contributed by atoms with Crippen molar-refractivity contribution >= 4 is 35.0 Å². The number of fused-ring (bicyclic) bond motifs is 1. The smallest absolute Gasteiger partial charge is 0.312 e. The van der Waals surface area contributed by atoms with Gasteiger partial charge in [0.25, 0.3) is 5.91 Å². The third kappa shape index (κ3) is 4.42. The zero-order valence-electron chi connectivity index (χ0n) is 21.6. The van der Waals surface area contributed by atoms with Crippen LogP contribution in [0, 0.1) is 23.2 Å². The second-order valence-corrected chi connectivity index (χ2v) is 12.9. The third-order valence-corrected chi connectivity index (χ3v) is 10.2. The zero-order valence-corrected chi connectivity index (χ0v) is 22.5. The maximum absolute atomic E-state index is 13.2. The normalized spacial score (nSPS) is 30.9. The first-order valence-electron chi connectivity index (χ1n) is 13.9. The summed E-state index contributed by atoms with van der Waals surface area (Å²) in [5.74, 6) is 1.62. The van der Waals surface area contributed by atoms with Crippen molar-refractivity contribution < 1.29 is 28.7 Å². The molecule has 0 spiro atoms. The van der Waals surface area contributed by atoms with Gasteiger partial charge >= 0.3 is 5.97 Å². The Kier molecular flexibility index (Phi) is 5.98. The van der Waals surface area contributed by atoms with Gasteiger partial charge in [-0.15, -0.1) is 11.3 Å². The molecule has 6 aliphatic rings. The van der Waals surface area contributed by atoms with Gasteiger partial charge in [0.1, 0.15) is 30.0 Å². The van der Waals surface area contributed by atoms with Crippen LogP contribution in [0.3, 0.4) is 0 Å². The number of esters is 1. The summed E-state index contributed by atoms with van der Waals surface area (Å²) < 4.78 is 11.9. The van der Waals surface area contributed by atoms with E-state index in [1.54, 1.807) is 18.2 Å². The number of imide groups is 1. The van der Waals surface area contributed by atoms with Crippen LogP contribution in [0.25, 0.3) is 0 Å². The highest BCUT2D eigenvalue weighted by molar-refractivity contribution is 7.09. The second kappa shape index (κ2) is 9.43. The number of piperidine rings is 1. The summed E-state index contributed by atoms with van der Waals surface area (Å²) in [4.78, 5) is 56.2. The fourth-order valence-electron chi connectivity index (χ4n) is 7.97. The monoisotopic (exact) mass is 549 g/mol. The van der Waals surface area contributed by atoms with Crippen molar-refractivity contribution in [2.75, 3.05) is 0 Å². The molecule has 10 heteroatoms. The average molecular weight is 550 g/mol. The van der Waals surface area contributed by atoms with E-state index in [9.17, 15) is 19.2 Å². The predicted molar refractivity (Wildman–Crippen MR) is 139 cm³/mol. The molecule has 1 atom stereocenters. The Morgan fingerprint density at radius 2 is 1.82 bits per heavy atom. The fourth-order valence-corrected chi connectivity index (χ4v) is 8.66. The summed E-state index contributed by atoms with van der Waals surface area (Å²) in [6, 6.07) is 4.63. The number of aromatic nitrogens is 1. The first-order valence-corrected chi connectivity index (χ1v) is 14.7. The maximum Gasteiger partial charge on any atom is 0.312 e. The molecule has 1 unspecified atom stereocenters. The molecule has 39 heavy (non-hydrogen) atoms. The van der Waals surface area contributed by atoms with Crippen molar-refractivity contribution in [3.63, 3.8) is 0 Å². The van der Waals surface area contributed by atoms with Crippen LogP contribution < -0.4 is 10.1 Å². The number of carbonyl (C=O) groups excluding carboxylic acids is 4. The highest BCUT2D eigenvalue weighted by Crippen LogP contribution is 2.60. The van der Waals surface area contributed by atoms with E-state index in [0.29, 0.717) is 35.5 Å². The van der Waals surface area contributed by atoms with Crippen molar-refractivity contribution in [2.24, 2.45) is 23.2 Å². The lowest BCUT2D eigenvalue weighted by atomic mass is 9.49. The summed E-state index contributed by atoms with van der Waals surface area (Å²) >= 11 is 1.45. The van der Waals surface area contributed by atoms with Crippen LogP contribution in [0.2, 0.25) is 0 Å². The summed E-state index contributed by atoms with van der Waals surface area (Å²) in [5.41, 5.74) is 1.69. The Bertz CT molecular complexity index is 1330. The highest BCUT2D eigenvalue weighted by Gasteiger charge is 2.55. The van der Waals surface area contributed by atoms with E-state index in [1.165, 1.54) is 35.5 Å². The van der Waals surface area contributed by atoms with E-state index in [1.807, 2.05) is 5.38 Å². The Morgan fingerprint density at radius 3 is 2.54 bits per heavy atom. The Labute approximate surface area is 230 Å². The molecule has 4 aliphatic carbocycles. The lowest BCUT2D eigenvalue weighted by molar-refractivity contribution is -0.173. The molecule has 9 nitrogen and oxygen atoms in total. The average Bonchev–Trinajstić information content (AvgIpc) is 3.50. The van der Waals surface area contributed by atoms with Gasteiger partial charge in [0.05, 0.1) is 17.7 Å². The number of thiazole rings is 1. The van der Waals surface area contributed by atoms with E-state index in [2.05, 4.69) is 10.3 Å². The number of carbonyl (C=O) groups is 4. The number of ether oxygens (including phenoxy) is 2. The minimum atomic E-state index is -0.669. The molecule has 204 valence electrons. The van der Waals surface area contributed by atoms with E-state index in [0.717, 1.165) is 35.5 Å². The van der Waals surface area contributed by atoms with Gasteiger partial charge in [-0.1, -0.05) is 6.07 Å². The number of amides is 3. The topological polar surface area (TPSA) is 115 Å². The molecule has 2 aromatic rings. The third-order valence-electron chi connectivity index (χ3n) is 9.31. The number of hydrogen-bond donors (Lipinski definition) is 1. The van der Waals surface area contributed by atoms with Crippen LogP contribution in [0.5, 0.6) is 5.75 Å². The van der Waals surface area contributed by atoms with E-state index in [-0.39, 0.29) is 49.4 Å². The van der Waals surface area contributed by atoms with Crippen LogP contribution >= 0.6 is 11.3 Å². The molecule has 1 N–H and O–H groups in total. The van der Waals surface area contributed by atoms with Gasteiger partial charge < -0.3 is 14.4 Å². The number of nitrogens with one attached hydrogen (secondary N) is 1. The molecule has 5 fully saturated rings. The molecule has 2 aliphatic heterocycles. The quantitative estimate of drug-likeness (QED) is 0.413. The van der Waals surface area contributed by atoms with E-state index >= 15 is 0 Å². The predicted octanol–water partition coefficient (Wildman–Crippen LogP) is 3.74. The molecular weight excluding hydrogens is 518 g/mol. The summed E-state index contributed by atoms with van der Waals surface area (Å²) in [6.07, 6.45) is 7.35. The van der Waals surface area contributed by atoms with Gasteiger partial charge in [-0.2, -0.15) is 0 Å². The standard InChI is InChI=1S/C29H31N3O6S/c33-24-5-4-22(26(34)31-24)32-12-21-20(27(32)35)2-1-3-23(21)37-13-19-15-39-25(30-19)14-38-28(36)29-9-16-6-17(10-29)8-18(7-16)11-29/h1-3,15-18,22H,4-14H2,(H,31,33,34). The lowest BCUT2D eigenvalue weighted by Gasteiger charge is -2.55. The maximum atomic E-state index is 13.2. The van der Waals surface area contributed by atoms with Gasteiger partial charge in [-0.25, -0.2) is 4.98 Å². The van der Waals surface area contributed by atoms with E-state index < -0.39 is 11.9 Å². The van der Waals surface area contributed by atoms with Crippen LogP contribution in [0.1, 0.15) is 78.0 Å². The molecule has 8 rings (SSSR count). The second-order valence-electron chi connectivity index (χ2n) is 12.0. The molecule has 0 radical (unpaired) electrons. The van der Waals surface area contributed by atoms with Crippen LogP contribution in [-0.4, -0.2) is 39.6 Å². The Morgan fingerprint density at radius 1 is 1.08 bits per heavy atom. The number of nitrogens with zero attached hydrogens (tertiary/aromatic N) is 2. The van der Waals surface area contributed by atoms with Gasteiger partial charge in [-0.3, -0.25) is 24.5 Å². The molecule has 4 bridgehead atoms. The van der Waals surface area contributed by atoms with Crippen LogP contribution in [0.15, 0.2) is 23.6 Å². The summed E-state index contributed by atoms with van der Waals surface area (Å²) in [5, 5.41) is 4.97. The molecule has 3 amide bonds. The molecule has 1 aromatic carbocycles. The molecule has 4 saturated carbocycles.